The van der Waals surface area contributed by atoms with Gasteiger partial charge in [-0.25, -0.2) is 4.39 Å². The van der Waals surface area contributed by atoms with Crippen molar-refractivity contribution < 1.29 is 9.18 Å². The number of hydrogen-bond acceptors (Lipinski definition) is 3. The van der Waals surface area contributed by atoms with Crippen LogP contribution in [0.15, 0.2) is 30.6 Å². The second-order valence-corrected chi connectivity index (χ2v) is 5.34. The number of likely N-dealkylation sites (tertiary alicyclic amines) is 1. The first-order valence-electron chi connectivity index (χ1n) is 7.04. The third-order valence-electron chi connectivity index (χ3n) is 3.88. The zero-order valence-corrected chi connectivity index (χ0v) is 11.9. The molecule has 1 aliphatic rings. The molecule has 0 unspecified atom stereocenters. The number of carbonyl (C=O) groups excluding carboxylic acids is 1. The van der Waals surface area contributed by atoms with Gasteiger partial charge in [0.1, 0.15) is 11.5 Å². The third kappa shape index (κ3) is 2.94. The molecular weight excluding hydrogens is 271 g/mol. The van der Waals surface area contributed by atoms with Crippen molar-refractivity contribution in [2.45, 2.75) is 18.8 Å². The van der Waals surface area contributed by atoms with Gasteiger partial charge in [0.25, 0.3) is 5.91 Å². The minimum atomic E-state index is -0.318. The van der Waals surface area contributed by atoms with E-state index in [1.54, 1.807) is 30.1 Å². The number of pyridine rings is 1. The largest absolute Gasteiger partial charge is 0.337 e. The van der Waals surface area contributed by atoms with Gasteiger partial charge in [0, 0.05) is 37.9 Å². The van der Waals surface area contributed by atoms with Gasteiger partial charge in [0.15, 0.2) is 0 Å². The molecule has 0 atom stereocenters. The summed E-state index contributed by atoms with van der Waals surface area (Å²) in [6, 6.07) is 4.90. The topological polar surface area (TPSA) is 51.0 Å². The average molecular weight is 288 g/mol. The average Bonchev–Trinajstić information content (AvgIpc) is 2.94. The summed E-state index contributed by atoms with van der Waals surface area (Å²) in [5.41, 5.74) is 1.39. The maximum Gasteiger partial charge on any atom is 0.274 e. The summed E-state index contributed by atoms with van der Waals surface area (Å²) in [5, 5.41) is 4.14. The molecular formula is C15H17FN4O. The molecule has 0 saturated carbocycles. The van der Waals surface area contributed by atoms with Crippen molar-refractivity contribution in [2.24, 2.45) is 7.05 Å². The highest BCUT2D eigenvalue weighted by Gasteiger charge is 2.26. The van der Waals surface area contributed by atoms with Gasteiger partial charge in [-0.05, 0) is 31.0 Å². The summed E-state index contributed by atoms with van der Waals surface area (Å²) in [5.74, 6) is -0.0546. The Labute approximate surface area is 122 Å². The zero-order valence-electron chi connectivity index (χ0n) is 11.9. The summed E-state index contributed by atoms with van der Waals surface area (Å²) in [4.78, 5) is 18.2. The Hall–Kier alpha value is -2.24. The Morgan fingerprint density at radius 3 is 2.62 bits per heavy atom. The molecule has 0 N–H and O–H groups in total. The van der Waals surface area contributed by atoms with Crippen molar-refractivity contribution in [3.05, 3.63) is 47.8 Å². The van der Waals surface area contributed by atoms with E-state index in [0.717, 1.165) is 18.5 Å². The molecule has 1 saturated heterocycles. The fourth-order valence-corrected chi connectivity index (χ4v) is 2.70. The molecule has 5 nitrogen and oxygen atoms in total. The normalized spacial score (nSPS) is 16.2. The molecule has 2 aromatic rings. The van der Waals surface area contributed by atoms with E-state index in [4.69, 9.17) is 0 Å². The Bertz CT molecular complexity index is 629. The molecule has 0 radical (unpaired) electrons. The summed E-state index contributed by atoms with van der Waals surface area (Å²) in [6.07, 6.45) is 4.71. The van der Waals surface area contributed by atoms with E-state index in [0.29, 0.717) is 24.7 Å². The highest BCUT2D eigenvalue weighted by atomic mass is 19.1. The summed E-state index contributed by atoms with van der Waals surface area (Å²) in [6.45, 7) is 1.36. The first-order chi connectivity index (χ1) is 10.1. The second-order valence-electron chi connectivity index (χ2n) is 5.34. The van der Waals surface area contributed by atoms with Crippen LogP contribution in [-0.4, -0.2) is 38.7 Å². The van der Waals surface area contributed by atoms with Gasteiger partial charge in [0.05, 0.1) is 6.20 Å². The van der Waals surface area contributed by atoms with E-state index < -0.39 is 0 Å². The van der Waals surface area contributed by atoms with E-state index in [9.17, 15) is 9.18 Å². The predicted octanol–water partition coefficient (Wildman–Crippen LogP) is 1.97. The molecule has 1 fully saturated rings. The molecule has 6 heteroatoms. The molecule has 1 amide bonds. The molecule has 3 heterocycles. The predicted molar refractivity (Wildman–Crippen MR) is 75.3 cm³/mol. The van der Waals surface area contributed by atoms with E-state index in [2.05, 4.69) is 10.1 Å². The van der Waals surface area contributed by atoms with Crippen molar-refractivity contribution >= 4 is 5.91 Å². The van der Waals surface area contributed by atoms with Gasteiger partial charge in [-0.15, -0.1) is 0 Å². The monoisotopic (exact) mass is 288 g/mol. The number of nitrogens with zero attached hydrogens (tertiary/aromatic N) is 4. The number of hydrogen-bond donors (Lipinski definition) is 0. The lowest BCUT2D eigenvalue weighted by Gasteiger charge is -2.31. The minimum Gasteiger partial charge on any atom is -0.337 e. The lowest BCUT2D eigenvalue weighted by atomic mass is 9.93. The highest BCUT2D eigenvalue weighted by molar-refractivity contribution is 5.92. The van der Waals surface area contributed by atoms with Crippen LogP contribution in [0, 0.1) is 5.82 Å². The minimum absolute atomic E-state index is 0.0267. The Kier molecular flexibility index (Phi) is 3.68. The Morgan fingerprint density at radius 2 is 2.05 bits per heavy atom. The number of aromatic nitrogens is 3. The summed E-state index contributed by atoms with van der Waals surface area (Å²) in [7, 11) is 1.79. The lowest BCUT2D eigenvalue weighted by Crippen LogP contribution is -2.38. The van der Waals surface area contributed by atoms with Crippen LogP contribution in [0.4, 0.5) is 4.39 Å². The maximum absolute atomic E-state index is 12.9. The Morgan fingerprint density at radius 1 is 1.29 bits per heavy atom. The standard InChI is InChI=1S/C15H17FN4O/c1-19-7-6-14(18-19)15(21)20-8-4-11(5-9-20)13-3-2-12(16)10-17-13/h2-3,6-7,10-11H,4-5,8-9H2,1H3. The fraction of sp³-hybridized carbons (Fsp3) is 0.400. The number of carbonyl (C=O) groups is 1. The van der Waals surface area contributed by atoms with Crippen molar-refractivity contribution in [1.82, 2.24) is 19.7 Å². The number of amides is 1. The molecule has 2 aromatic heterocycles. The molecule has 110 valence electrons. The quantitative estimate of drug-likeness (QED) is 0.849. The number of halogens is 1. The summed E-state index contributed by atoms with van der Waals surface area (Å²) < 4.78 is 14.5. The van der Waals surface area contributed by atoms with Crippen LogP contribution in [0.1, 0.15) is 34.9 Å². The van der Waals surface area contributed by atoms with Crippen LogP contribution in [0.25, 0.3) is 0 Å². The zero-order chi connectivity index (χ0) is 14.8. The number of rotatable bonds is 2. The van der Waals surface area contributed by atoms with Gasteiger partial charge in [-0.2, -0.15) is 5.10 Å². The smallest absolute Gasteiger partial charge is 0.274 e. The first kappa shape index (κ1) is 13.7. The van der Waals surface area contributed by atoms with Crippen molar-refractivity contribution in [3.8, 4) is 0 Å². The Balaban J connectivity index is 1.62. The van der Waals surface area contributed by atoms with Crippen molar-refractivity contribution in [3.63, 3.8) is 0 Å². The van der Waals surface area contributed by atoms with Crippen LogP contribution in [-0.2, 0) is 7.05 Å². The van der Waals surface area contributed by atoms with Crippen molar-refractivity contribution in [2.75, 3.05) is 13.1 Å². The first-order valence-corrected chi connectivity index (χ1v) is 7.04. The maximum atomic E-state index is 12.9. The highest BCUT2D eigenvalue weighted by Crippen LogP contribution is 2.27. The molecule has 3 rings (SSSR count). The van der Waals surface area contributed by atoms with Gasteiger partial charge in [-0.3, -0.25) is 14.5 Å². The van der Waals surface area contributed by atoms with Crippen molar-refractivity contribution in [1.29, 1.82) is 0 Å². The van der Waals surface area contributed by atoms with E-state index in [-0.39, 0.29) is 11.7 Å². The van der Waals surface area contributed by atoms with E-state index >= 15 is 0 Å². The van der Waals surface area contributed by atoms with E-state index in [1.165, 1.54) is 12.3 Å². The molecule has 21 heavy (non-hydrogen) atoms. The molecule has 0 aromatic carbocycles. The SMILES string of the molecule is Cn1ccc(C(=O)N2CCC(c3ccc(F)cn3)CC2)n1. The molecule has 0 spiro atoms. The van der Waals surface area contributed by atoms with Gasteiger partial charge >= 0.3 is 0 Å². The lowest BCUT2D eigenvalue weighted by molar-refractivity contribution is 0.0705. The van der Waals surface area contributed by atoms with Crippen LogP contribution in [0.5, 0.6) is 0 Å². The van der Waals surface area contributed by atoms with Gasteiger partial charge in [0.2, 0.25) is 0 Å². The van der Waals surface area contributed by atoms with Crippen LogP contribution >= 0.6 is 0 Å². The molecule has 0 bridgehead atoms. The fourth-order valence-electron chi connectivity index (χ4n) is 2.70. The van der Waals surface area contributed by atoms with Gasteiger partial charge < -0.3 is 4.90 Å². The second kappa shape index (κ2) is 5.63. The molecule has 0 aliphatic carbocycles. The molecule has 1 aliphatic heterocycles. The van der Waals surface area contributed by atoms with Crippen LogP contribution in [0.2, 0.25) is 0 Å². The van der Waals surface area contributed by atoms with Crippen LogP contribution in [0.3, 0.4) is 0 Å². The number of piperidine rings is 1. The summed E-state index contributed by atoms with van der Waals surface area (Å²) >= 11 is 0. The van der Waals surface area contributed by atoms with Crippen LogP contribution < -0.4 is 0 Å². The van der Waals surface area contributed by atoms with E-state index in [1.807, 2.05) is 4.90 Å². The van der Waals surface area contributed by atoms with Gasteiger partial charge in [-0.1, -0.05) is 0 Å². The third-order valence-corrected chi connectivity index (χ3v) is 3.88. The number of aryl methyl sites for hydroxylation is 1.